The molecule has 0 aliphatic heterocycles. The molecule has 0 atom stereocenters. The molecule has 0 aromatic heterocycles. The summed E-state index contributed by atoms with van der Waals surface area (Å²) in [4.78, 5) is 0. The third-order valence-electron chi connectivity index (χ3n) is 3.39. The molecule has 3 nitrogen and oxygen atoms in total. The van der Waals surface area contributed by atoms with Crippen LogP contribution in [0.2, 0.25) is 5.02 Å². The van der Waals surface area contributed by atoms with Gasteiger partial charge in [-0.15, -0.1) is 0 Å². The van der Waals surface area contributed by atoms with E-state index >= 15 is 0 Å². The van der Waals surface area contributed by atoms with Gasteiger partial charge in [0, 0.05) is 16.1 Å². The van der Waals surface area contributed by atoms with Crippen molar-refractivity contribution in [2.45, 2.75) is 44.8 Å². The topological polar surface area (TPSA) is 44.5 Å². The Kier molecular flexibility index (Phi) is 3.74. The molecule has 1 aromatic carbocycles. The van der Waals surface area contributed by atoms with Crippen LogP contribution < -0.4 is 15.2 Å². The second kappa shape index (κ2) is 4.98. The van der Waals surface area contributed by atoms with Crippen molar-refractivity contribution < 1.29 is 9.47 Å². The van der Waals surface area contributed by atoms with Crippen molar-refractivity contribution in [2.24, 2.45) is 5.73 Å². The van der Waals surface area contributed by atoms with E-state index in [1.165, 1.54) is 0 Å². The van der Waals surface area contributed by atoms with Crippen LogP contribution >= 0.6 is 11.6 Å². The van der Waals surface area contributed by atoms with Gasteiger partial charge in [0.2, 0.25) is 0 Å². The minimum Gasteiger partial charge on any atom is -0.493 e. The highest BCUT2D eigenvalue weighted by Gasteiger charge is 2.39. The summed E-state index contributed by atoms with van der Waals surface area (Å²) in [5.74, 6) is 1.39. The molecule has 0 saturated heterocycles. The van der Waals surface area contributed by atoms with Crippen molar-refractivity contribution in [1.82, 2.24) is 0 Å². The molecule has 100 valence electrons. The zero-order valence-corrected chi connectivity index (χ0v) is 11.9. The fraction of sp³-hybridized carbons (Fsp3) is 0.571. The lowest BCUT2D eigenvalue weighted by Gasteiger charge is -2.40. The molecule has 0 unspecified atom stereocenters. The van der Waals surface area contributed by atoms with Crippen molar-refractivity contribution in [3.8, 4) is 11.5 Å². The molecule has 4 heteroatoms. The van der Waals surface area contributed by atoms with E-state index in [-0.39, 0.29) is 11.6 Å². The lowest BCUT2D eigenvalue weighted by Crippen LogP contribution is -2.44. The third-order valence-corrected chi connectivity index (χ3v) is 3.70. The van der Waals surface area contributed by atoms with E-state index in [9.17, 15) is 0 Å². The number of rotatable bonds is 4. The minimum absolute atomic E-state index is 0.0554. The predicted molar refractivity (Wildman–Crippen MR) is 73.5 cm³/mol. The Morgan fingerprint density at radius 2 is 2.00 bits per heavy atom. The number of halogens is 1. The van der Waals surface area contributed by atoms with Gasteiger partial charge in [-0.05, 0) is 45.2 Å². The summed E-state index contributed by atoms with van der Waals surface area (Å²) in [6.07, 6.45) is 3.06. The number of ether oxygens (including phenoxy) is 2. The van der Waals surface area contributed by atoms with Crippen molar-refractivity contribution in [3.05, 3.63) is 22.7 Å². The summed E-state index contributed by atoms with van der Waals surface area (Å²) in [7, 11) is 1.63. The highest BCUT2D eigenvalue weighted by molar-refractivity contribution is 6.31. The summed E-state index contributed by atoms with van der Waals surface area (Å²) in [5, 5.41) is 0.661. The van der Waals surface area contributed by atoms with Crippen LogP contribution in [0.5, 0.6) is 11.5 Å². The fourth-order valence-corrected chi connectivity index (χ4v) is 2.66. The summed E-state index contributed by atoms with van der Waals surface area (Å²) in [6.45, 7) is 3.96. The molecule has 1 saturated carbocycles. The second-order valence-corrected chi connectivity index (χ2v) is 5.54. The highest BCUT2D eigenvalue weighted by Crippen LogP contribution is 2.49. The Labute approximate surface area is 113 Å². The van der Waals surface area contributed by atoms with Gasteiger partial charge in [-0.3, -0.25) is 0 Å². The zero-order chi connectivity index (χ0) is 13.3. The molecule has 1 aliphatic rings. The van der Waals surface area contributed by atoms with Crippen LogP contribution in [0.25, 0.3) is 0 Å². The summed E-state index contributed by atoms with van der Waals surface area (Å²) < 4.78 is 11.2. The first kappa shape index (κ1) is 13.5. The molecule has 1 aliphatic carbocycles. The van der Waals surface area contributed by atoms with Crippen LogP contribution in [-0.4, -0.2) is 13.2 Å². The van der Waals surface area contributed by atoms with Crippen LogP contribution in [0, 0.1) is 0 Å². The van der Waals surface area contributed by atoms with Crippen molar-refractivity contribution in [2.75, 3.05) is 7.11 Å². The summed E-state index contributed by atoms with van der Waals surface area (Å²) in [5.41, 5.74) is 6.93. The van der Waals surface area contributed by atoms with Gasteiger partial charge >= 0.3 is 0 Å². The highest BCUT2D eigenvalue weighted by atomic mass is 35.5. The Morgan fingerprint density at radius 1 is 1.33 bits per heavy atom. The Bertz CT molecular complexity index is 442. The van der Waals surface area contributed by atoms with Gasteiger partial charge in [0.15, 0.2) is 11.5 Å². The first-order valence-electron chi connectivity index (χ1n) is 6.30. The first-order chi connectivity index (χ1) is 8.48. The maximum Gasteiger partial charge on any atom is 0.168 e. The van der Waals surface area contributed by atoms with E-state index in [0.29, 0.717) is 16.5 Å². The molecule has 0 spiro atoms. The molecular weight excluding hydrogens is 250 g/mol. The monoisotopic (exact) mass is 269 g/mol. The van der Waals surface area contributed by atoms with Crippen molar-refractivity contribution >= 4 is 11.6 Å². The SMILES string of the molecule is COc1ccc(Cl)c(C2(N)CCC2)c1OC(C)C. The molecule has 0 bridgehead atoms. The molecule has 18 heavy (non-hydrogen) atoms. The zero-order valence-electron chi connectivity index (χ0n) is 11.1. The van der Waals surface area contributed by atoms with Crippen molar-refractivity contribution in [3.63, 3.8) is 0 Å². The van der Waals surface area contributed by atoms with E-state index in [1.54, 1.807) is 7.11 Å². The fourth-order valence-electron chi connectivity index (χ4n) is 2.32. The largest absolute Gasteiger partial charge is 0.493 e. The molecule has 1 aromatic rings. The van der Waals surface area contributed by atoms with Gasteiger partial charge in [-0.1, -0.05) is 11.6 Å². The van der Waals surface area contributed by atoms with E-state index in [4.69, 9.17) is 26.8 Å². The standard InChI is InChI=1S/C14H20ClNO2/c1-9(2)18-13-11(17-3)6-5-10(15)12(13)14(16)7-4-8-14/h5-6,9H,4,7-8,16H2,1-3H3. The smallest absolute Gasteiger partial charge is 0.168 e. The molecular formula is C14H20ClNO2. The van der Waals surface area contributed by atoms with Gasteiger partial charge in [0.1, 0.15) is 0 Å². The lowest BCUT2D eigenvalue weighted by atomic mass is 9.72. The average Bonchev–Trinajstić information content (AvgIpc) is 2.26. The van der Waals surface area contributed by atoms with E-state index < -0.39 is 0 Å². The Hall–Kier alpha value is -0.930. The lowest BCUT2D eigenvalue weighted by molar-refractivity contribution is 0.202. The number of nitrogens with two attached hydrogens (primary N) is 1. The molecule has 2 rings (SSSR count). The molecule has 2 N–H and O–H groups in total. The quantitative estimate of drug-likeness (QED) is 0.910. The normalized spacial score (nSPS) is 17.4. The van der Waals surface area contributed by atoms with Gasteiger partial charge in [0.25, 0.3) is 0 Å². The van der Waals surface area contributed by atoms with Gasteiger partial charge in [-0.2, -0.15) is 0 Å². The summed E-state index contributed by atoms with van der Waals surface area (Å²) >= 11 is 6.32. The first-order valence-corrected chi connectivity index (χ1v) is 6.68. The van der Waals surface area contributed by atoms with Gasteiger partial charge in [-0.25, -0.2) is 0 Å². The van der Waals surface area contributed by atoms with Crippen LogP contribution in [0.3, 0.4) is 0 Å². The molecule has 1 fully saturated rings. The van der Waals surface area contributed by atoms with E-state index in [0.717, 1.165) is 24.8 Å². The van der Waals surface area contributed by atoms with E-state index in [2.05, 4.69) is 0 Å². The van der Waals surface area contributed by atoms with Crippen molar-refractivity contribution in [1.29, 1.82) is 0 Å². The maximum atomic E-state index is 6.41. The maximum absolute atomic E-state index is 6.41. The molecule has 0 radical (unpaired) electrons. The third kappa shape index (κ3) is 2.29. The molecule has 0 heterocycles. The van der Waals surface area contributed by atoms with Crippen LogP contribution in [-0.2, 0) is 5.54 Å². The van der Waals surface area contributed by atoms with Gasteiger partial charge < -0.3 is 15.2 Å². The van der Waals surface area contributed by atoms with Crippen LogP contribution in [0.4, 0.5) is 0 Å². The number of methoxy groups -OCH3 is 1. The Balaban J connectivity index is 2.53. The van der Waals surface area contributed by atoms with Crippen LogP contribution in [0.1, 0.15) is 38.7 Å². The number of benzene rings is 1. The average molecular weight is 270 g/mol. The number of hydrogen-bond acceptors (Lipinski definition) is 3. The Morgan fingerprint density at radius 3 is 2.44 bits per heavy atom. The van der Waals surface area contributed by atoms with Crippen LogP contribution in [0.15, 0.2) is 12.1 Å². The predicted octanol–water partition coefficient (Wildman–Crippen LogP) is 3.47. The summed E-state index contributed by atoms with van der Waals surface area (Å²) in [6, 6.07) is 3.65. The number of hydrogen-bond donors (Lipinski definition) is 1. The minimum atomic E-state index is -0.365. The van der Waals surface area contributed by atoms with E-state index in [1.807, 2.05) is 26.0 Å². The second-order valence-electron chi connectivity index (χ2n) is 5.13. The van der Waals surface area contributed by atoms with Gasteiger partial charge in [0.05, 0.1) is 13.2 Å². The molecule has 0 amide bonds.